The predicted molar refractivity (Wildman–Crippen MR) is 108 cm³/mol. The summed E-state index contributed by atoms with van der Waals surface area (Å²) >= 11 is 0. The van der Waals surface area contributed by atoms with Gasteiger partial charge in [-0.3, -0.25) is 4.90 Å². The fourth-order valence-electron chi connectivity index (χ4n) is 3.49. The highest BCUT2D eigenvalue weighted by atomic mass is 19.1. The van der Waals surface area contributed by atoms with Crippen LogP contribution in [0.1, 0.15) is 39.5 Å². The van der Waals surface area contributed by atoms with Crippen molar-refractivity contribution in [2.24, 2.45) is 0 Å². The Kier molecular flexibility index (Phi) is 9.28. The number of unbranched alkanes of at least 4 members (excludes halogenated alkanes) is 2. The number of halogens is 2. The first-order chi connectivity index (χ1) is 13.0. The van der Waals surface area contributed by atoms with Crippen molar-refractivity contribution < 1.29 is 13.5 Å². The van der Waals surface area contributed by atoms with E-state index >= 15 is 0 Å². The van der Waals surface area contributed by atoms with Gasteiger partial charge >= 0.3 is 0 Å². The fourth-order valence-corrected chi connectivity index (χ4v) is 3.49. The van der Waals surface area contributed by atoms with Gasteiger partial charge in [0.05, 0.1) is 0 Å². The number of nitrogens with zero attached hydrogens (tertiary/aromatic N) is 3. The van der Waals surface area contributed by atoms with Crippen LogP contribution in [0.25, 0.3) is 0 Å². The Bertz CT molecular complexity index is 539. The molecule has 1 aliphatic rings. The SMILES string of the molecule is CCCCCN(CCC)CCOc1cc(F)c(N2CCN(C)CC2)c(F)c1. The first-order valence-electron chi connectivity index (χ1n) is 10.3. The smallest absolute Gasteiger partial charge is 0.153 e. The van der Waals surface area contributed by atoms with Crippen molar-refractivity contribution >= 4 is 5.69 Å². The lowest BCUT2D eigenvalue weighted by Gasteiger charge is -2.34. The molecule has 0 radical (unpaired) electrons. The lowest BCUT2D eigenvalue weighted by atomic mass is 10.2. The van der Waals surface area contributed by atoms with Crippen molar-refractivity contribution in [1.82, 2.24) is 9.80 Å². The summed E-state index contributed by atoms with van der Waals surface area (Å²) < 4.78 is 34.7. The third-order valence-corrected chi connectivity index (χ3v) is 5.10. The standard InChI is InChI=1S/C21H35F2N3O/c1-4-6-7-9-25(8-5-2)14-15-27-18-16-19(22)21(20(23)17-18)26-12-10-24(3)11-13-26/h16-17H,4-15H2,1-3H3. The Balaban J connectivity index is 1.89. The minimum Gasteiger partial charge on any atom is -0.492 e. The molecule has 0 spiro atoms. The number of rotatable bonds is 11. The molecule has 1 heterocycles. The molecular formula is C21H35F2N3O. The molecule has 1 fully saturated rings. The number of hydrogen-bond donors (Lipinski definition) is 0. The van der Waals surface area contributed by atoms with E-state index in [4.69, 9.17) is 4.74 Å². The molecule has 0 aliphatic carbocycles. The lowest BCUT2D eigenvalue weighted by molar-refractivity contribution is 0.205. The highest BCUT2D eigenvalue weighted by Gasteiger charge is 2.22. The zero-order chi connectivity index (χ0) is 19.6. The predicted octanol–water partition coefficient (Wildman–Crippen LogP) is 4.00. The molecule has 1 aromatic rings. The molecule has 4 nitrogen and oxygen atoms in total. The number of likely N-dealkylation sites (N-methyl/N-ethyl adjacent to an activating group) is 1. The molecule has 0 aromatic heterocycles. The molecule has 2 rings (SSSR count). The van der Waals surface area contributed by atoms with Gasteiger partial charge < -0.3 is 14.5 Å². The minimum absolute atomic E-state index is 0.0719. The van der Waals surface area contributed by atoms with Gasteiger partial charge in [0.1, 0.15) is 18.0 Å². The van der Waals surface area contributed by atoms with E-state index < -0.39 is 11.6 Å². The highest BCUT2D eigenvalue weighted by molar-refractivity contribution is 5.52. The van der Waals surface area contributed by atoms with Crippen LogP contribution in [-0.4, -0.2) is 69.3 Å². The molecule has 154 valence electrons. The average Bonchev–Trinajstić information content (AvgIpc) is 2.63. The number of ether oxygens (including phenoxy) is 1. The number of anilines is 1. The van der Waals surface area contributed by atoms with Crippen LogP contribution < -0.4 is 9.64 Å². The van der Waals surface area contributed by atoms with Crippen LogP contribution in [0.4, 0.5) is 14.5 Å². The van der Waals surface area contributed by atoms with Crippen LogP contribution in [0.2, 0.25) is 0 Å². The average molecular weight is 384 g/mol. The zero-order valence-corrected chi connectivity index (χ0v) is 17.1. The molecule has 0 unspecified atom stereocenters. The summed E-state index contributed by atoms with van der Waals surface area (Å²) in [6.45, 7) is 10.5. The molecule has 27 heavy (non-hydrogen) atoms. The summed E-state index contributed by atoms with van der Waals surface area (Å²) in [6.07, 6.45) is 4.70. The third-order valence-electron chi connectivity index (χ3n) is 5.10. The van der Waals surface area contributed by atoms with Crippen LogP contribution >= 0.6 is 0 Å². The molecule has 0 N–H and O–H groups in total. The van der Waals surface area contributed by atoms with Gasteiger partial charge in [-0.2, -0.15) is 0 Å². The Morgan fingerprint density at radius 2 is 1.59 bits per heavy atom. The Hall–Kier alpha value is -1.40. The summed E-state index contributed by atoms with van der Waals surface area (Å²) in [6, 6.07) is 2.63. The molecule has 1 aromatic carbocycles. The van der Waals surface area contributed by atoms with E-state index in [-0.39, 0.29) is 11.4 Å². The Labute approximate surface area is 163 Å². The number of hydrogen-bond acceptors (Lipinski definition) is 4. The van der Waals surface area contributed by atoms with Crippen molar-refractivity contribution in [2.45, 2.75) is 39.5 Å². The van der Waals surface area contributed by atoms with Crippen molar-refractivity contribution in [3.05, 3.63) is 23.8 Å². The van der Waals surface area contributed by atoms with Gasteiger partial charge in [0, 0.05) is 44.9 Å². The second kappa shape index (κ2) is 11.4. The summed E-state index contributed by atoms with van der Waals surface area (Å²) in [5.41, 5.74) is 0.0719. The second-order valence-corrected chi connectivity index (χ2v) is 7.42. The van der Waals surface area contributed by atoms with E-state index in [1.807, 2.05) is 7.05 Å². The van der Waals surface area contributed by atoms with Crippen LogP contribution in [0, 0.1) is 11.6 Å². The number of piperazine rings is 1. The molecule has 1 saturated heterocycles. The Morgan fingerprint density at radius 3 is 2.19 bits per heavy atom. The lowest BCUT2D eigenvalue weighted by Crippen LogP contribution is -2.45. The van der Waals surface area contributed by atoms with Gasteiger partial charge in [-0.15, -0.1) is 0 Å². The molecule has 0 amide bonds. The number of benzene rings is 1. The van der Waals surface area contributed by atoms with Crippen molar-refractivity contribution in [2.75, 3.05) is 64.4 Å². The maximum atomic E-state index is 14.5. The van der Waals surface area contributed by atoms with E-state index in [9.17, 15) is 8.78 Å². The maximum Gasteiger partial charge on any atom is 0.153 e. The maximum absolute atomic E-state index is 14.5. The first-order valence-corrected chi connectivity index (χ1v) is 10.3. The Morgan fingerprint density at radius 1 is 0.926 bits per heavy atom. The second-order valence-electron chi connectivity index (χ2n) is 7.42. The van der Waals surface area contributed by atoms with E-state index in [0.717, 1.165) is 39.1 Å². The minimum atomic E-state index is -0.539. The quantitative estimate of drug-likeness (QED) is 0.538. The van der Waals surface area contributed by atoms with Gasteiger partial charge in [-0.05, 0) is 33.0 Å². The zero-order valence-electron chi connectivity index (χ0n) is 17.1. The molecule has 6 heteroatoms. The monoisotopic (exact) mass is 383 g/mol. The third kappa shape index (κ3) is 6.92. The van der Waals surface area contributed by atoms with E-state index in [1.54, 1.807) is 4.90 Å². The van der Waals surface area contributed by atoms with Gasteiger partial charge in [0.25, 0.3) is 0 Å². The van der Waals surface area contributed by atoms with E-state index in [2.05, 4.69) is 23.6 Å². The van der Waals surface area contributed by atoms with Crippen LogP contribution in [-0.2, 0) is 0 Å². The first kappa shape index (κ1) is 21.9. The van der Waals surface area contributed by atoms with E-state index in [0.29, 0.717) is 19.7 Å². The summed E-state index contributed by atoms with van der Waals surface area (Å²) in [5.74, 6) is -0.807. The van der Waals surface area contributed by atoms with Gasteiger partial charge in [-0.1, -0.05) is 26.7 Å². The molecule has 0 atom stereocenters. The van der Waals surface area contributed by atoms with Gasteiger partial charge in [0.2, 0.25) is 0 Å². The van der Waals surface area contributed by atoms with Gasteiger partial charge in [-0.25, -0.2) is 8.78 Å². The summed E-state index contributed by atoms with van der Waals surface area (Å²) in [5, 5.41) is 0. The topological polar surface area (TPSA) is 19.0 Å². The molecule has 1 aliphatic heterocycles. The van der Waals surface area contributed by atoms with E-state index in [1.165, 1.54) is 31.4 Å². The van der Waals surface area contributed by atoms with Crippen LogP contribution in [0.15, 0.2) is 12.1 Å². The van der Waals surface area contributed by atoms with Crippen LogP contribution in [0.3, 0.4) is 0 Å². The van der Waals surface area contributed by atoms with Crippen molar-refractivity contribution in [3.8, 4) is 5.75 Å². The normalized spacial score (nSPS) is 15.6. The highest BCUT2D eigenvalue weighted by Crippen LogP contribution is 2.29. The van der Waals surface area contributed by atoms with Crippen molar-refractivity contribution in [3.63, 3.8) is 0 Å². The molecule has 0 bridgehead atoms. The largest absolute Gasteiger partial charge is 0.492 e. The summed E-state index contributed by atoms with van der Waals surface area (Å²) in [4.78, 5) is 6.30. The van der Waals surface area contributed by atoms with Gasteiger partial charge in [0.15, 0.2) is 11.6 Å². The molecule has 0 saturated carbocycles. The van der Waals surface area contributed by atoms with Crippen LogP contribution in [0.5, 0.6) is 5.75 Å². The fraction of sp³-hybridized carbons (Fsp3) is 0.714. The summed E-state index contributed by atoms with van der Waals surface area (Å²) in [7, 11) is 2.02. The molecular weight excluding hydrogens is 348 g/mol. The van der Waals surface area contributed by atoms with Crippen molar-refractivity contribution in [1.29, 1.82) is 0 Å².